The molecule has 1 aromatic heterocycles. The summed E-state index contributed by atoms with van der Waals surface area (Å²) in [7, 11) is 0. The van der Waals surface area contributed by atoms with Crippen molar-refractivity contribution in [3.8, 4) is 5.75 Å². The van der Waals surface area contributed by atoms with Crippen molar-refractivity contribution in [3.63, 3.8) is 0 Å². The molecule has 1 aliphatic rings. The zero-order chi connectivity index (χ0) is 19.2. The van der Waals surface area contributed by atoms with E-state index in [0.29, 0.717) is 37.9 Å². The summed E-state index contributed by atoms with van der Waals surface area (Å²) in [6, 6.07) is 7.60. The van der Waals surface area contributed by atoms with Gasteiger partial charge in [-0.3, -0.25) is 4.79 Å². The highest BCUT2D eigenvalue weighted by Gasteiger charge is 2.22. The van der Waals surface area contributed by atoms with Crippen LogP contribution in [0, 0.1) is 12.7 Å². The molecule has 3 rings (SSSR count). The summed E-state index contributed by atoms with van der Waals surface area (Å²) >= 11 is 0. The van der Waals surface area contributed by atoms with Gasteiger partial charge in [0.15, 0.2) is 6.61 Å². The predicted octanol–water partition coefficient (Wildman–Crippen LogP) is 2.08. The van der Waals surface area contributed by atoms with Gasteiger partial charge in [0.05, 0.1) is 0 Å². The van der Waals surface area contributed by atoms with Crippen molar-refractivity contribution >= 4 is 17.7 Å². The summed E-state index contributed by atoms with van der Waals surface area (Å²) in [5.74, 6) is 1.57. The van der Waals surface area contributed by atoms with Crippen molar-refractivity contribution < 1.29 is 13.9 Å². The first-order valence-corrected chi connectivity index (χ1v) is 9.06. The van der Waals surface area contributed by atoms with Gasteiger partial charge in [-0.05, 0) is 38.1 Å². The van der Waals surface area contributed by atoms with E-state index in [1.54, 1.807) is 4.90 Å². The summed E-state index contributed by atoms with van der Waals surface area (Å²) < 4.78 is 18.3. The van der Waals surface area contributed by atoms with Crippen LogP contribution in [0.3, 0.4) is 0 Å². The summed E-state index contributed by atoms with van der Waals surface area (Å²) in [4.78, 5) is 25.2. The number of hydrogen-bond acceptors (Lipinski definition) is 6. The average Bonchev–Trinajstić information content (AvgIpc) is 2.67. The molecule has 0 bridgehead atoms. The van der Waals surface area contributed by atoms with Crippen molar-refractivity contribution in [3.05, 3.63) is 41.8 Å². The molecule has 1 N–H and O–H groups in total. The second kappa shape index (κ2) is 8.66. The SMILES string of the molecule is CCNc1nc(C)cc(N2CCN(C(=O)COc3ccc(F)cc3)CC2)n1. The van der Waals surface area contributed by atoms with Crippen LogP contribution < -0.4 is 15.0 Å². The molecule has 0 spiro atoms. The number of rotatable bonds is 6. The van der Waals surface area contributed by atoms with Crippen LogP contribution in [0.5, 0.6) is 5.75 Å². The molecule has 1 saturated heterocycles. The number of halogens is 1. The lowest BCUT2D eigenvalue weighted by Gasteiger charge is -2.35. The van der Waals surface area contributed by atoms with E-state index in [4.69, 9.17) is 4.74 Å². The minimum atomic E-state index is -0.331. The first-order chi connectivity index (χ1) is 13.0. The number of aromatic nitrogens is 2. The van der Waals surface area contributed by atoms with Gasteiger partial charge in [0.1, 0.15) is 17.4 Å². The van der Waals surface area contributed by atoms with E-state index < -0.39 is 0 Å². The number of nitrogens with one attached hydrogen (secondary N) is 1. The Hall–Kier alpha value is -2.90. The number of piperazine rings is 1. The smallest absolute Gasteiger partial charge is 0.260 e. The van der Waals surface area contributed by atoms with Crippen LogP contribution in [-0.2, 0) is 4.79 Å². The molecule has 27 heavy (non-hydrogen) atoms. The molecular weight excluding hydrogens is 349 g/mol. The number of carbonyl (C=O) groups excluding carboxylic acids is 1. The highest BCUT2D eigenvalue weighted by atomic mass is 19.1. The number of ether oxygens (including phenoxy) is 1. The zero-order valence-corrected chi connectivity index (χ0v) is 15.6. The molecule has 0 radical (unpaired) electrons. The maximum absolute atomic E-state index is 12.9. The van der Waals surface area contributed by atoms with Gasteiger partial charge < -0.3 is 19.9 Å². The summed E-state index contributed by atoms with van der Waals surface area (Å²) in [5.41, 5.74) is 0.905. The molecule has 0 unspecified atom stereocenters. The Morgan fingerprint density at radius 3 is 2.56 bits per heavy atom. The third-order valence-electron chi connectivity index (χ3n) is 4.31. The van der Waals surface area contributed by atoms with E-state index in [-0.39, 0.29) is 18.3 Å². The number of carbonyl (C=O) groups is 1. The maximum Gasteiger partial charge on any atom is 0.260 e. The highest BCUT2D eigenvalue weighted by Crippen LogP contribution is 2.17. The van der Waals surface area contributed by atoms with Gasteiger partial charge in [0, 0.05) is 44.5 Å². The molecule has 2 heterocycles. The van der Waals surface area contributed by atoms with Crippen molar-refractivity contribution in [1.29, 1.82) is 0 Å². The lowest BCUT2D eigenvalue weighted by Crippen LogP contribution is -2.50. The fraction of sp³-hybridized carbons (Fsp3) is 0.421. The minimum Gasteiger partial charge on any atom is -0.484 e. The van der Waals surface area contributed by atoms with Gasteiger partial charge in [-0.15, -0.1) is 0 Å². The molecule has 1 fully saturated rings. The van der Waals surface area contributed by atoms with Gasteiger partial charge in [-0.25, -0.2) is 9.37 Å². The van der Waals surface area contributed by atoms with E-state index in [0.717, 1.165) is 18.1 Å². The first-order valence-electron chi connectivity index (χ1n) is 9.06. The lowest BCUT2D eigenvalue weighted by molar-refractivity contribution is -0.133. The fourth-order valence-corrected chi connectivity index (χ4v) is 2.90. The van der Waals surface area contributed by atoms with Gasteiger partial charge in [0.25, 0.3) is 5.91 Å². The Morgan fingerprint density at radius 1 is 1.19 bits per heavy atom. The molecule has 0 saturated carbocycles. The van der Waals surface area contributed by atoms with Crippen LogP contribution in [0.2, 0.25) is 0 Å². The van der Waals surface area contributed by atoms with Crippen LogP contribution in [0.4, 0.5) is 16.2 Å². The van der Waals surface area contributed by atoms with E-state index in [9.17, 15) is 9.18 Å². The predicted molar refractivity (Wildman–Crippen MR) is 102 cm³/mol. The molecular formula is C19H24FN5O2. The van der Waals surface area contributed by atoms with Crippen molar-refractivity contribution in [2.75, 3.05) is 49.5 Å². The summed E-state index contributed by atoms with van der Waals surface area (Å²) in [6.45, 7) is 7.26. The normalized spacial score (nSPS) is 14.2. The summed E-state index contributed by atoms with van der Waals surface area (Å²) in [5, 5.41) is 3.14. The van der Waals surface area contributed by atoms with Crippen molar-refractivity contribution in [2.24, 2.45) is 0 Å². The highest BCUT2D eigenvalue weighted by molar-refractivity contribution is 5.78. The molecule has 0 aliphatic carbocycles. The topological polar surface area (TPSA) is 70.6 Å². The molecule has 144 valence electrons. The molecule has 1 amide bonds. The molecule has 0 atom stereocenters. The molecule has 2 aromatic rings. The molecule has 8 heteroatoms. The largest absolute Gasteiger partial charge is 0.484 e. The second-order valence-electron chi connectivity index (χ2n) is 6.33. The average molecular weight is 373 g/mol. The quantitative estimate of drug-likeness (QED) is 0.836. The number of hydrogen-bond donors (Lipinski definition) is 1. The standard InChI is InChI=1S/C19H24FN5O2/c1-3-21-19-22-14(2)12-17(23-19)24-8-10-25(11-9-24)18(26)13-27-16-6-4-15(20)5-7-16/h4-7,12H,3,8-11,13H2,1-2H3,(H,21,22,23). The third-order valence-corrected chi connectivity index (χ3v) is 4.31. The van der Waals surface area contributed by atoms with Crippen LogP contribution >= 0.6 is 0 Å². The number of nitrogens with zero attached hydrogens (tertiary/aromatic N) is 4. The summed E-state index contributed by atoms with van der Waals surface area (Å²) in [6.07, 6.45) is 0. The molecule has 1 aromatic carbocycles. The number of benzene rings is 1. The van der Waals surface area contributed by atoms with Crippen molar-refractivity contribution in [2.45, 2.75) is 13.8 Å². The van der Waals surface area contributed by atoms with Gasteiger partial charge in [0.2, 0.25) is 5.95 Å². The second-order valence-corrected chi connectivity index (χ2v) is 6.33. The minimum absolute atomic E-state index is 0.0528. The number of amides is 1. The van der Waals surface area contributed by atoms with Crippen LogP contribution in [0.1, 0.15) is 12.6 Å². The van der Waals surface area contributed by atoms with E-state index in [2.05, 4.69) is 20.2 Å². The monoisotopic (exact) mass is 373 g/mol. The van der Waals surface area contributed by atoms with E-state index in [1.807, 2.05) is 19.9 Å². The Bertz CT molecular complexity index is 776. The van der Waals surface area contributed by atoms with Gasteiger partial charge in [-0.2, -0.15) is 4.98 Å². The lowest BCUT2D eigenvalue weighted by atomic mass is 10.3. The van der Waals surface area contributed by atoms with Gasteiger partial charge in [-0.1, -0.05) is 0 Å². The maximum atomic E-state index is 12.9. The third kappa shape index (κ3) is 5.06. The Balaban J connectivity index is 1.52. The fourth-order valence-electron chi connectivity index (χ4n) is 2.90. The molecule has 7 nitrogen and oxygen atoms in total. The van der Waals surface area contributed by atoms with E-state index in [1.165, 1.54) is 24.3 Å². The Labute approximate surface area is 158 Å². The zero-order valence-electron chi connectivity index (χ0n) is 15.6. The Kier molecular flexibility index (Phi) is 6.05. The van der Waals surface area contributed by atoms with Crippen LogP contribution in [0.15, 0.2) is 30.3 Å². The number of aryl methyl sites for hydroxylation is 1. The van der Waals surface area contributed by atoms with Crippen molar-refractivity contribution in [1.82, 2.24) is 14.9 Å². The first kappa shape index (κ1) is 18.9. The number of anilines is 2. The van der Waals surface area contributed by atoms with E-state index >= 15 is 0 Å². The van der Waals surface area contributed by atoms with Gasteiger partial charge >= 0.3 is 0 Å². The van der Waals surface area contributed by atoms with Crippen LogP contribution in [0.25, 0.3) is 0 Å². The molecule has 1 aliphatic heterocycles. The Morgan fingerprint density at radius 2 is 1.89 bits per heavy atom. The van der Waals surface area contributed by atoms with Crippen LogP contribution in [-0.4, -0.2) is 60.1 Å².